The maximum absolute atomic E-state index is 5.87. The predicted molar refractivity (Wildman–Crippen MR) is 65.9 cm³/mol. The molecule has 0 fully saturated rings. The molecular formula is C13H25NO. The molecule has 0 aromatic carbocycles. The Bertz CT molecular complexity index is 191. The fraction of sp³-hybridized carbons (Fsp3) is 0.846. The first-order chi connectivity index (χ1) is 7.20. The van der Waals surface area contributed by atoms with Gasteiger partial charge in [-0.3, -0.25) is 0 Å². The van der Waals surface area contributed by atoms with Crippen LogP contribution in [0.25, 0.3) is 0 Å². The minimum atomic E-state index is -0.196. The Morgan fingerprint density at radius 2 is 1.87 bits per heavy atom. The van der Waals surface area contributed by atoms with Crippen LogP contribution in [-0.4, -0.2) is 24.8 Å². The molecule has 0 aliphatic heterocycles. The van der Waals surface area contributed by atoms with Gasteiger partial charge < -0.3 is 10.1 Å². The van der Waals surface area contributed by atoms with Gasteiger partial charge in [0, 0.05) is 6.61 Å². The minimum Gasteiger partial charge on any atom is -0.373 e. The highest BCUT2D eigenvalue weighted by Crippen LogP contribution is 2.24. The molecule has 0 aromatic rings. The molecule has 0 saturated heterocycles. The van der Waals surface area contributed by atoms with E-state index in [1.54, 1.807) is 0 Å². The first kappa shape index (κ1) is 14.5. The summed E-state index contributed by atoms with van der Waals surface area (Å²) in [5, 5.41) is 3.39. The molecule has 0 spiro atoms. The zero-order chi connectivity index (χ0) is 11.7. The van der Waals surface area contributed by atoms with Crippen molar-refractivity contribution in [2.24, 2.45) is 0 Å². The maximum Gasteiger partial charge on any atom is 0.0980 e. The number of nitrogens with one attached hydrogen (secondary N) is 1. The van der Waals surface area contributed by atoms with Crippen LogP contribution in [0.5, 0.6) is 0 Å². The molecule has 88 valence electrons. The van der Waals surface area contributed by atoms with Gasteiger partial charge in [-0.2, -0.15) is 0 Å². The van der Waals surface area contributed by atoms with E-state index in [0.717, 1.165) is 25.8 Å². The second-order valence-electron chi connectivity index (χ2n) is 3.76. The Balaban J connectivity index is 4.60. The van der Waals surface area contributed by atoms with Crippen LogP contribution in [-0.2, 0) is 4.74 Å². The first-order valence-corrected chi connectivity index (χ1v) is 6.04. The lowest BCUT2D eigenvalue weighted by Crippen LogP contribution is -2.51. The summed E-state index contributed by atoms with van der Waals surface area (Å²) in [6.45, 7) is 10.1. The van der Waals surface area contributed by atoms with Gasteiger partial charge in [-0.15, -0.1) is 6.42 Å². The van der Waals surface area contributed by atoms with Crippen molar-refractivity contribution in [3.05, 3.63) is 0 Å². The van der Waals surface area contributed by atoms with E-state index in [9.17, 15) is 0 Å². The van der Waals surface area contributed by atoms with Crippen molar-refractivity contribution in [3.63, 3.8) is 0 Å². The van der Waals surface area contributed by atoms with Gasteiger partial charge in [-0.1, -0.05) is 26.7 Å². The fourth-order valence-electron chi connectivity index (χ4n) is 1.92. The highest BCUT2D eigenvalue weighted by Gasteiger charge is 2.34. The van der Waals surface area contributed by atoms with Gasteiger partial charge in [0.05, 0.1) is 11.6 Å². The Morgan fingerprint density at radius 3 is 2.20 bits per heavy atom. The second kappa shape index (κ2) is 7.73. The van der Waals surface area contributed by atoms with Crippen LogP contribution in [0.3, 0.4) is 0 Å². The third-order valence-corrected chi connectivity index (χ3v) is 2.92. The monoisotopic (exact) mass is 211 g/mol. The lowest BCUT2D eigenvalue weighted by Gasteiger charge is -2.37. The van der Waals surface area contributed by atoms with Crippen molar-refractivity contribution in [2.45, 2.75) is 58.6 Å². The molecule has 2 heteroatoms. The van der Waals surface area contributed by atoms with Crippen molar-refractivity contribution < 1.29 is 4.74 Å². The Kier molecular flexibility index (Phi) is 7.46. The van der Waals surface area contributed by atoms with Crippen LogP contribution in [0.15, 0.2) is 0 Å². The normalized spacial score (nSPS) is 13.5. The van der Waals surface area contributed by atoms with E-state index in [1.165, 1.54) is 0 Å². The van der Waals surface area contributed by atoms with Crippen molar-refractivity contribution in [3.8, 4) is 12.3 Å². The van der Waals surface area contributed by atoms with Crippen molar-refractivity contribution >= 4 is 0 Å². The Labute approximate surface area is 94.8 Å². The lowest BCUT2D eigenvalue weighted by atomic mass is 9.88. The molecule has 15 heavy (non-hydrogen) atoms. The number of ether oxygens (including phenoxy) is 1. The molecule has 0 bridgehead atoms. The second-order valence-corrected chi connectivity index (χ2v) is 3.76. The minimum absolute atomic E-state index is 0.0207. The number of rotatable bonds is 8. The van der Waals surface area contributed by atoms with E-state index in [4.69, 9.17) is 11.2 Å². The third kappa shape index (κ3) is 3.85. The van der Waals surface area contributed by atoms with Crippen LogP contribution in [0, 0.1) is 12.3 Å². The van der Waals surface area contributed by atoms with Crippen LogP contribution >= 0.6 is 0 Å². The summed E-state index contributed by atoms with van der Waals surface area (Å²) in [5.74, 6) is 2.83. The van der Waals surface area contributed by atoms with Crippen LogP contribution < -0.4 is 5.32 Å². The smallest absolute Gasteiger partial charge is 0.0980 e. The predicted octanol–water partition coefficient (Wildman–Crippen LogP) is 2.58. The van der Waals surface area contributed by atoms with Gasteiger partial charge in [-0.25, -0.2) is 0 Å². The summed E-state index contributed by atoms with van der Waals surface area (Å²) in [7, 11) is 0. The molecule has 0 saturated carbocycles. The van der Waals surface area contributed by atoms with Crippen LogP contribution in [0.4, 0.5) is 0 Å². The van der Waals surface area contributed by atoms with Crippen LogP contribution in [0.2, 0.25) is 0 Å². The zero-order valence-electron chi connectivity index (χ0n) is 10.6. The first-order valence-electron chi connectivity index (χ1n) is 6.04. The molecule has 1 atom stereocenters. The van der Waals surface area contributed by atoms with E-state index in [1.807, 2.05) is 6.92 Å². The van der Waals surface area contributed by atoms with Crippen LogP contribution in [0.1, 0.15) is 47.0 Å². The summed E-state index contributed by atoms with van der Waals surface area (Å²) < 4.78 is 5.87. The molecule has 0 aliphatic rings. The summed E-state index contributed by atoms with van der Waals surface area (Å²) in [4.78, 5) is 0. The molecule has 1 unspecified atom stereocenters. The van der Waals surface area contributed by atoms with Gasteiger partial charge in [0.15, 0.2) is 0 Å². The average molecular weight is 211 g/mol. The molecule has 1 N–H and O–H groups in total. The molecule has 0 heterocycles. The zero-order valence-corrected chi connectivity index (χ0v) is 10.6. The SMILES string of the molecule is C#CC(NCCC)C(CC)(CC)OCC. The third-order valence-electron chi connectivity index (χ3n) is 2.92. The summed E-state index contributed by atoms with van der Waals surface area (Å²) in [5.41, 5.74) is -0.196. The van der Waals surface area contributed by atoms with Crippen molar-refractivity contribution in [1.29, 1.82) is 0 Å². The van der Waals surface area contributed by atoms with Crippen molar-refractivity contribution in [2.75, 3.05) is 13.2 Å². The molecule has 2 nitrogen and oxygen atoms in total. The quantitative estimate of drug-likeness (QED) is 0.623. The summed E-state index contributed by atoms with van der Waals surface area (Å²) in [6, 6.07) is 0.0207. The fourth-order valence-corrected chi connectivity index (χ4v) is 1.92. The van der Waals surface area contributed by atoms with Gasteiger partial charge >= 0.3 is 0 Å². The summed E-state index contributed by atoms with van der Waals surface area (Å²) >= 11 is 0. The van der Waals surface area contributed by atoms with Gasteiger partial charge in [0.25, 0.3) is 0 Å². The highest BCUT2D eigenvalue weighted by molar-refractivity contribution is 5.10. The van der Waals surface area contributed by atoms with E-state index < -0.39 is 0 Å². The number of terminal acetylenes is 1. The maximum atomic E-state index is 5.87. The molecule has 0 aliphatic carbocycles. The van der Waals surface area contributed by atoms with E-state index in [-0.39, 0.29) is 11.6 Å². The largest absolute Gasteiger partial charge is 0.373 e. The molecule has 0 amide bonds. The number of hydrogen-bond acceptors (Lipinski definition) is 2. The van der Waals surface area contributed by atoms with Gasteiger partial charge in [-0.05, 0) is 32.7 Å². The average Bonchev–Trinajstić information content (AvgIpc) is 2.28. The lowest BCUT2D eigenvalue weighted by molar-refractivity contribution is -0.0589. The topological polar surface area (TPSA) is 21.3 Å². The molecule has 0 radical (unpaired) electrons. The molecule has 0 rings (SSSR count). The molecule has 0 aromatic heterocycles. The number of hydrogen-bond donors (Lipinski definition) is 1. The van der Waals surface area contributed by atoms with E-state index in [0.29, 0.717) is 6.61 Å². The van der Waals surface area contributed by atoms with Crippen molar-refractivity contribution in [1.82, 2.24) is 5.32 Å². The highest BCUT2D eigenvalue weighted by atomic mass is 16.5. The summed E-state index contributed by atoms with van der Waals surface area (Å²) in [6.07, 6.45) is 8.57. The van der Waals surface area contributed by atoms with E-state index in [2.05, 4.69) is 32.0 Å². The molecular weight excluding hydrogens is 186 g/mol. The van der Waals surface area contributed by atoms with E-state index >= 15 is 0 Å². The standard InChI is InChI=1S/C13H25NO/c1-6-11-14-12(7-2)13(8-3,9-4)15-10-5/h2,12,14H,6,8-11H2,1,3-5H3. The van der Waals surface area contributed by atoms with Gasteiger partial charge in [0.1, 0.15) is 0 Å². The Morgan fingerprint density at radius 1 is 1.27 bits per heavy atom. The Hall–Kier alpha value is -0.520. The van der Waals surface area contributed by atoms with Gasteiger partial charge in [0.2, 0.25) is 0 Å².